The minimum absolute atomic E-state index is 0.0114. The molecule has 1 aliphatic heterocycles. The molecule has 1 amide bonds. The summed E-state index contributed by atoms with van der Waals surface area (Å²) in [4.78, 5) is 40.1. The Hall–Kier alpha value is -2.75. The molecule has 1 fully saturated rings. The van der Waals surface area contributed by atoms with Crippen LogP contribution in [0.1, 0.15) is 62.3 Å². The van der Waals surface area contributed by atoms with Crippen molar-refractivity contribution in [2.24, 2.45) is 5.92 Å². The number of hydrogen-bond acceptors (Lipinski definition) is 6. The molecule has 1 aromatic carbocycles. The van der Waals surface area contributed by atoms with Gasteiger partial charge in [-0.25, -0.2) is 4.79 Å². The molecule has 1 unspecified atom stereocenters. The second-order valence-electron chi connectivity index (χ2n) is 9.33. The third-order valence-electron chi connectivity index (χ3n) is 5.73. The molecule has 186 valence electrons. The Balaban J connectivity index is 1.83. The summed E-state index contributed by atoms with van der Waals surface area (Å²) in [7, 11) is 0. The van der Waals surface area contributed by atoms with E-state index in [1.807, 2.05) is 65.8 Å². The van der Waals surface area contributed by atoms with Gasteiger partial charge >= 0.3 is 5.69 Å². The van der Waals surface area contributed by atoms with Gasteiger partial charge in [0.15, 0.2) is 0 Å². The van der Waals surface area contributed by atoms with Crippen LogP contribution in [0.2, 0.25) is 0 Å². The first-order valence-corrected chi connectivity index (χ1v) is 11.7. The number of H-pyrrole nitrogens is 1. The van der Waals surface area contributed by atoms with Gasteiger partial charge in [-0.1, -0.05) is 36.8 Å². The number of hydrogen-bond donors (Lipinski definition) is 2. The molecule has 2 aromatic rings. The SMILES string of the molecule is Cc1ccc(CNC(=O)c2cn([C@@H]3O[C@H](COC(C)C)C(OC(C)C)[C@@H]3C)c(=O)[nH]c2=O)cc1. The first-order valence-electron chi connectivity index (χ1n) is 11.7. The number of carbonyl (C=O) groups is 1. The predicted octanol–water partition coefficient (Wildman–Crippen LogP) is 2.53. The van der Waals surface area contributed by atoms with Crippen LogP contribution in [0.5, 0.6) is 0 Å². The highest BCUT2D eigenvalue weighted by atomic mass is 16.6. The maximum absolute atomic E-state index is 12.8. The zero-order valence-electron chi connectivity index (χ0n) is 20.7. The number of amides is 1. The number of aryl methyl sites for hydroxylation is 1. The number of benzene rings is 1. The lowest BCUT2D eigenvalue weighted by atomic mass is 10.0. The molecule has 0 saturated carbocycles. The Labute approximate surface area is 199 Å². The van der Waals surface area contributed by atoms with E-state index in [2.05, 4.69) is 10.3 Å². The number of nitrogens with zero attached hydrogens (tertiary/aromatic N) is 1. The molecule has 4 atom stereocenters. The van der Waals surface area contributed by atoms with Gasteiger partial charge in [-0.05, 0) is 40.2 Å². The third kappa shape index (κ3) is 6.22. The van der Waals surface area contributed by atoms with Gasteiger partial charge in [0.1, 0.15) is 17.9 Å². The van der Waals surface area contributed by atoms with Crippen molar-refractivity contribution in [1.82, 2.24) is 14.9 Å². The van der Waals surface area contributed by atoms with E-state index in [1.165, 1.54) is 10.8 Å². The zero-order chi connectivity index (χ0) is 25.0. The summed E-state index contributed by atoms with van der Waals surface area (Å²) in [6.45, 7) is 12.2. The highest BCUT2D eigenvalue weighted by molar-refractivity contribution is 5.93. The molecule has 2 N–H and O–H groups in total. The number of rotatable bonds is 9. The summed E-state index contributed by atoms with van der Waals surface area (Å²) in [6, 6.07) is 7.71. The van der Waals surface area contributed by atoms with Crippen molar-refractivity contribution in [2.75, 3.05) is 6.61 Å². The second-order valence-corrected chi connectivity index (χ2v) is 9.33. The van der Waals surface area contributed by atoms with Crippen LogP contribution >= 0.6 is 0 Å². The summed E-state index contributed by atoms with van der Waals surface area (Å²) in [5.41, 5.74) is 0.457. The Kier molecular flexibility index (Phi) is 8.46. The molecule has 0 aliphatic carbocycles. The van der Waals surface area contributed by atoms with E-state index < -0.39 is 29.5 Å². The molecule has 9 nitrogen and oxygen atoms in total. The van der Waals surface area contributed by atoms with Gasteiger partial charge in [0.25, 0.3) is 11.5 Å². The Bertz CT molecular complexity index is 1090. The van der Waals surface area contributed by atoms with Crippen molar-refractivity contribution in [2.45, 2.75) is 78.7 Å². The second kappa shape index (κ2) is 11.1. The zero-order valence-corrected chi connectivity index (χ0v) is 20.7. The van der Waals surface area contributed by atoms with Crippen molar-refractivity contribution < 1.29 is 19.0 Å². The fourth-order valence-electron chi connectivity index (χ4n) is 3.97. The smallest absolute Gasteiger partial charge is 0.330 e. The molecule has 2 heterocycles. The molecule has 1 saturated heterocycles. The van der Waals surface area contributed by atoms with Crippen LogP contribution in [-0.2, 0) is 20.8 Å². The van der Waals surface area contributed by atoms with Crippen LogP contribution in [-0.4, -0.2) is 46.5 Å². The van der Waals surface area contributed by atoms with Crippen molar-refractivity contribution >= 4 is 5.91 Å². The molecule has 0 spiro atoms. The lowest BCUT2D eigenvalue weighted by molar-refractivity contribution is -0.0966. The van der Waals surface area contributed by atoms with Crippen molar-refractivity contribution in [3.8, 4) is 0 Å². The van der Waals surface area contributed by atoms with E-state index in [0.717, 1.165) is 11.1 Å². The molecule has 1 aromatic heterocycles. The lowest BCUT2D eigenvalue weighted by Crippen LogP contribution is -2.39. The largest absolute Gasteiger partial charge is 0.376 e. The van der Waals surface area contributed by atoms with E-state index in [4.69, 9.17) is 14.2 Å². The minimum Gasteiger partial charge on any atom is -0.376 e. The van der Waals surface area contributed by atoms with E-state index in [0.29, 0.717) is 6.61 Å². The Morgan fingerprint density at radius 1 is 1.15 bits per heavy atom. The van der Waals surface area contributed by atoms with Crippen LogP contribution in [0.15, 0.2) is 40.1 Å². The number of ether oxygens (including phenoxy) is 3. The normalized spacial score (nSPS) is 22.5. The summed E-state index contributed by atoms with van der Waals surface area (Å²) >= 11 is 0. The van der Waals surface area contributed by atoms with E-state index in [9.17, 15) is 14.4 Å². The fraction of sp³-hybridized carbons (Fsp3) is 0.560. The third-order valence-corrected chi connectivity index (χ3v) is 5.73. The van der Waals surface area contributed by atoms with Gasteiger partial charge in [-0.3, -0.25) is 19.1 Å². The van der Waals surface area contributed by atoms with Crippen LogP contribution in [0.3, 0.4) is 0 Å². The standard InChI is InChI=1S/C25H35N3O6/c1-14(2)32-13-20-21(33-15(3)4)17(6)24(34-20)28-12-19(23(30)27-25(28)31)22(29)26-11-18-9-7-16(5)8-10-18/h7-10,12,14-15,17,20-21,24H,11,13H2,1-6H3,(H,26,29)(H,27,30,31)/t17-,20+,21?,24+/m0/s1. The Morgan fingerprint density at radius 3 is 2.44 bits per heavy atom. The average Bonchev–Trinajstić information content (AvgIpc) is 3.06. The summed E-state index contributed by atoms with van der Waals surface area (Å²) in [5.74, 6) is -0.800. The summed E-state index contributed by atoms with van der Waals surface area (Å²) in [5, 5.41) is 2.74. The van der Waals surface area contributed by atoms with E-state index >= 15 is 0 Å². The van der Waals surface area contributed by atoms with Crippen LogP contribution in [0.4, 0.5) is 0 Å². The van der Waals surface area contributed by atoms with Crippen molar-refractivity contribution in [3.05, 3.63) is 68.0 Å². The number of carbonyl (C=O) groups excluding carboxylic acids is 1. The first kappa shape index (κ1) is 25.9. The van der Waals surface area contributed by atoms with Crippen LogP contribution < -0.4 is 16.6 Å². The lowest BCUT2D eigenvalue weighted by Gasteiger charge is -2.24. The molecule has 0 bridgehead atoms. The van der Waals surface area contributed by atoms with Crippen molar-refractivity contribution in [3.63, 3.8) is 0 Å². The highest BCUT2D eigenvalue weighted by Crippen LogP contribution is 2.36. The van der Waals surface area contributed by atoms with Gasteiger partial charge in [0, 0.05) is 18.7 Å². The number of nitrogens with one attached hydrogen (secondary N) is 2. The van der Waals surface area contributed by atoms with Gasteiger partial charge in [-0.2, -0.15) is 0 Å². The van der Waals surface area contributed by atoms with Gasteiger partial charge < -0.3 is 19.5 Å². The van der Waals surface area contributed by atoms with E-state index in [-0.39, 0.29) is 36.3 Å². The molecule has 9 heteroatoms. The maximum Gasteiger partial charge on any atom is 0.330 e. The maximum atomic E-state index is 12.8. The van der Waals surface area contributed by atoms with Crippen molar-refractivity contribution in [1.29, 1.82) is 0 Å². The quantitative estimate of drug-likeness (QED) is 0.579. The minimum atomic E-state index is -0.747. The van der Waals surface area contributed by atoms with Crippen LogP contribution in [0, 0.1) is 12.8 Å². The molecule has 1 aliphatic rings. The molecular formula is C25H35N3O6. The highest BCUT2D eigenvalue weighted by Gasteiger charge is 2.44. The summed E-state index contributed by atoms with van der Waals surface area (Å²) < 4.78 is 19.3. The predicted molar refractivity (Wildman–Crippen MR) is 128 cm³/mol. The fourth-order valence-corrected chi connectivity index (χ4v) is 3.97. The monoisotopic (exact) mass is 473 g/mol. The Morgan fingerprint density at radius 2 is 1.82 bits per heavy atom. The topological polar surface area (TPSA) is 112 Å². The molecule has 0 radical (unpaired) electrons. The molecule has 34 heavy (non-hydrogen) atoms. The van der Waals surface area contributed by atoms with Gasteiger partial charge in [0.05, 0.1) is 24.9 Å². The summed E-state index contributed by atoms with van der Waals surface area (Å²) in [6.07, 6.45) is -0.212. The number of aromatic nitrogens is 2. The van der Waals surface area contributed by atoms with E-state index in [1.54, 1.807) is 0 Å². The van der Waals surface area contributed by atoms with Gasteiger partial charge in [0.2, 0.25) is 0 Å². The first-order chi connectivity index (χ1) is 16.1. The molecule has 3 rings (SSSR count). The molecular weight excluding hydrogens is 438 g/mol. The number of aromatic amines is 1. The van der Waals surface area contributed by atoms with Gasteiger partial charge in [-0.15, -0.1) is 0 Å². The van der Waals surface area contributed by atoms with Crippen LogP contribution in [0.25, 0.3) is 0 Å². The average molecular weight is 474 g/mol.